The highest BCUT2D eigenvalue weighted by Gasteiger charge is 2.43. The lowest BCUT2D eigenvalue weighted by atomic mass is 10.1. The highest BCUT2D eigenvalue weighted by Crippen LogP contribution is 2.26. The summed E-state index contributed by atoms with van der Waals surface area (Å²) >= 11 is 0. The molecular formula is C34H53N9O11. The molecule has 8 atom stereocenters. The first-order valence-corrected chi connectivity index (χ1v) is 18.6. The molecular weight excluding hydrogens is 710 g/mol. The molecule has 0 bridgehead atoms. The zero-order valence-corrected chi connectivity index (χ0v) is 30.7. The van der Waals surface area contributed by atoms with E-state index in [1.165, 1.54) is 28.5 Å². The Bertz CT molecular complexity index is 1470. The Labute approximate surface area is 312 Å². The fourth-order valence-corrected chi connectivity index (χ4v) is 7.53. The number of hydrogen-bond acceptors (Lipinski definition) is 11. The van der Waals surface area contributed by atoms with Crippen molar-refractivity contribution < 1.29 is 53.4 Å². The topological polar surface area (TPSA) is 290 Å². The molecule has 0 aliphatic carbocycles. The number of amides is 8. The second kappa shape index (κ2) is 19.0. The third kappa shape index (κ3) is 10.4. The van der Waals surface area contributed by atoms with Gasteiger partial charge in [0.15, 0.2) is 0 Å². The SMILES string of the molecule is C[C@H](NC(=O)CNC(=O)[C@H](CCC(N)=O)NC(=O)[C@@H](NC(=O)[C@@H]1CCCN1C(=O)[C@@H]1CCCN1)[C@@H](C)O)C(=O)N1CCC[C@H]1C(=O)N1CCC[C@H]1C(=O)O. The molecule has 9 N–H and O–H groups in total. The standard InChI is InChI=1S/C34H53N9O11/c1-18(31(50)42-15-5-9-23(42)33(52)43-16-6-10-24(43)34(53)54)38-26(46)17-37-28(47)20(11-12-25(35)45)39-30(49)27(19(2)44)40-29(48)22-8-4-14-41(22)32(51)21-7-3-13-36-21/h18-24,27,36,44H,3-17H2,1-2H3,(H2,35,45)(H,37,47)(H,38,46)(H,39,49)(H,40,48)(H,53,54)/t18-,19+,20-,21-,22-,23-,24-,27-/m0/s1. The van der Waals surface area contributed by atoms with E-state index in [1.54, 1.807) is 0 Å². The van der Waals surface area contributed by atoms with Crippen molar-refractivity contribution in [2.45, 2.75) is 126 Å². The Balaban J connectivity index is 1.32. The van der Waals surface area contributed by atoms with E-state index in [0.29, 0.717) is 58.0 Å². The molecule has 0 aromatic carbocycles. The number of likely N-dealkylation sites (tertiary alicyclic amines) is 3. The predicted octanol–water partition coefficient (Wildman–Crippen LogP) is -3.97. The average molecular weight is 764 g/mol. The molecule has 0 spiro atoms. The van der Waals surface area contributed by atoms with Crippen molar-refractivity contribution in [3.63, 3.8) is 0 Å². The second-order valence-corrected chi connectivity index (χ2v) is 14.4. The molecule has 0 aromatic heterocycles. The smallest absolute Gasteiger partial charge is 0.326 e. The number of primary amides is 1. The van der Waals surface area contributed by atoms with Crippen LogP contribution in [0.4, 0.5) is 0 Å². The summed E-state index contributed by atoms with van der Waals surface area (Å²) in [7, 11) is 0. The average Bonchev–Trinajstić information content (AvgIpc) is 3.96. The largest absolute Gasteiger partial charge is 0.480 e. The van der Waals surface area contributed by atoms with Gasteiger partial charge in [0.2, 0.25) is 47.3 Å². The normalized spacial score (nSPS) is 24.6. The van der Waals surface area contributed by atoms with Gasteiger partial charge in [0.1, 0.15) is 36.3 Å². The predicted molar refractivity (Wildman–Crippen MR) is 187 cm³/mol. The molecule has 8 amide bonds. The zero-order chi connectivity index (χ0) is 39.7. The first-order chi connectivity index (χ1) is 25.6. The van der Waals surface area contributed by atoms with Gasteiger partial charge in [-0.25, -0.2) is 4.79 Å². The zero-order valence-electron chi connectivity index (χ0n) is 30.7. The first kappa shape index (κ1) is 41.9. The molecule has 54 heavy (non-hydrogen) atoms. The van der Waals surface area contributed by atoms with E-state index < -0.39 is 102 Å². The molecule has 300 valence electrons. The van der Waals surface area contributed by atoms with Gasteiger partial charge in [-0.3, -0.25) is 38.4 Å². The Morgan fingerprint density at radius 1 is 0.759 bits per heavy atom. The third-order valence-corrected chi connectivity index (χ3v) is 10.4. The summed E-state index contributed by atoms with van der Waals surface area (Å²) in [6.07, 6.45) is 2.08. The monoisotopic (exact) mass is 763 g/mol. The minimum Gasteiger partial charge on any atom is -0.480 e. The minimum atomic E-state index is -1.54. The van der Waals surface area contributed by atoms with Crippen LogP contribution < -0.4 is 32.3 Å². The molecule has 0 aromatic rings. The number of nitrogens with one attached hydrogen (secondary N) is 5. The van der Waals surface area contributed by atoms with Gasteiger partial charge in [-0.2, -0.15) is 0 Å². The summed E-state index contributed by atoms with van der Waals surface area (Å²) in [6.45, 7) is 3.59. The number of aliphatic hydroxyl groups excluding tert-OH is 1. The molecule has 20 heteroatoms. The molecule has 4 rings (SSSR count). The summed E-state index contributed by atoms with van der Waals surface area (Å²) in [6, 6.07) is -7.16. The number of carbonyl (C=O) groups excluding carboxylic acids is 8. The minimum absolute atomic E-state index is 0.210. The maximum atomic E-state index is 13.4. The van der Waals surface area contributed by atoms with Crippen LogP contribution in [0.2, 0.25) is 0 Å². The number of nitrogens with two attached hydrogens (primary N) is 1. The van der Waals surface area contributed by atoms with Gasteiger partial charge < -0.3 is 57.2 Å². The van der Waals surface area contributed by atoms with E-state index >= 15 is 0 Å². The molecule has 4 aliphatic heterocycles. The fraction of sp³-hybridized carbons (Fsp3) is 0.735. The highest BCUT2D eigenvalue weighted by molar-refractivity contribution is 5.97. The van der Waals surface area contributed by atoms with Crippen molar-refractivity contribution >= 4 is 53.2 Å². The van der Waals surface area contributed by atoms with Gasteiger partial charge in [0, 0.05) is 26.1 Å². The Kier molecular flexibility index (Phi) is 14.7. The number of hydrogen-bond donors (Lipinski definition) is 8. The van der Waals surface area contributed by atoms with Crippen LogP contribution in [0.15, 0.2) is 0 Å². The Hall–Kier alpha value is -4.85. The Morgan fingerprint density at radius 2 is 1.37 bits per heavy atom. The molecule has 4 saturated heterocycles. The van der Waals surface area contributed by atoms with E-state index in [1.807, 2.05) is 0 Å². The third-order valence-electron chi connectivity index (χ3n) is 10.4. The number of carbonyl (C=O) groups is 9. The molecule has 4 fully saturated rings. The summed E-state index contributed by atoms with van der Waals surface area (Å²) in [5.74, 6) is -6.40. The number of aliphatic carboxylic acids is 1. The quantitative estimate of drug-likeness (QED) is 0.0748. The Morgan fingerprint density at radius 3 is 1.96 bits per heavy atom. The van der Waals surface area contributed by atoms with Crippen LogP contribution in [-0.4, -0.2) is 159 Å². The van der Waals surface area contributed by atoms with Crippen molar-refractivity contribution in [1.29, 1.82) is 0 Å². The van der Waals surface area contributed by atoms with E-state index in [2.05, 4.69) is 26.6 Å². The molecule has 0 radical (unpaired) electrons. The first-order valence-electron chi connectivity index (χ1n) is 18.6. The van der Waals surface area contributed by atoms with E-state index in [9.17, 15) is 53.4 Å². The van der Waals surface area contributed by atoms with Gasteiger partial charge in [-0.05, 0) is 78.2 Å². The lowest BCUT2D eigenvalue weighted by Crippen LogP contribution is -2.60. The van der Waals surface area contributed by atoms with E-state index in [-0.39, 0.29) is 31.8 Å². The second-order valence-electron chi connectivity index (χ2n) is 14.4. The van der Waals surface area contributed by atoms with E-state index in [0.717, 1.165) is 6.42 Å². The summed E-state index contributed by atoms with van der Waals surface area (Å²) in [5, 5.41) is 32.8. The molecule has 4 aliphatic rings. The van der Waals surface area contributed by atoms with Gasteiger partial charge >= 0.3 is 5.97 Å². The fourth-order valence-electron chi connectivity index (χ4n) is 7.53. The van der Waals surface area contributed by atoms with Gasteiger partial charge in [-0.1, -0.05) is 0 Å². The maximum absolute atomic E-state index is 13.4. The van der Waals surface area contributed by atoms with Crippen LogP contribution in [0, 0.1) is 0 Å². The molecule has 20 nitrogen and oxygen atoms in total. The summed E-state index contributed by atoms with van der Waals surface area (Å²) < 4.78 is 0. The van der Waals surface area contributed by atoms with E-state index in [4.69, 9.17) is 5.73 Å². The maximum Gasteiger partial charge on any atom is 0.326 e. The lowest BCUT2D eigenvalue weighted by molar-refractivity contribution is -0.152. The molecule has 4 heterocycles. The van der Waals surface area contributed by atoms with Crippen molar-refractivity contribution in [2.24, 2.45) is 5.73 Å². The number of carboxylic acids is 1. The van der Waals surface area contributed by atoms with Crippen LogP contribution in [0.1, 0.15) is 78.1 Å². The summed E-state index contributed by atoms with van der Waals surface area (Å²) in [5.41, 5.74) is 5.27. The van der Waals surface area contributed by atoms with Crippen molar-refractivity contribution in [1.82, 2.24) is 41.3 Å². The van der Waals surface area contributed by atoms with Gasteiger partial charge in [-0.15, -0.1) is 0 Å². The van der Waals surface area contributed by atoms with Crippen LogP contribution in [0.3, 0.4) is 0 Å². The molecule has 0 saturated carbocycles. The number of carboxylic acid groups (broad SMARTS) is 1. The van der Waals surface area contributed by atoms with Crippen LogP contribution in [-0.2, 0) is 43.2 Å². The van der Waals surface area contributed by atoms with Crippen molar-refractivity contribution in [3.05, 3.63) is 0 Å². The highest BCUT2D eigenvalue weighted by atomic mass is 16.4. The van der Waals surface area contributed by atoms with Crippen LogP contribution >= 0.6 is 0 Å². The van der Waals surface area contributed by atoms with Gasteiger partial charge in [0.25, 0.3) is 0 Å². The number of nitrogens with zero attached hydrogens (tertiary/aromatic N) is 3. The van der Waals surface area contributed by atoms with Crippen LogP contribution in [0.25, 0.3) is 0 Å². The number of rotatable bonds is 16. The van der Waals surface area contributed by atoms with Crippen LogP contribution in [0.5, 0.6) is 0 Å². The number of aliphatic hydroxyl groups is 1. The van der Waals surface area contributed by atoms with Crippen molar-refractivity contribution in [3.8, 4) is 0 Å². The summed E-state index contributed by atoms with van der Waals surface area (Å²) in [4.78, 5) is 120. The van der Waals surface area contributed by atoms with Gasteiger partial charge in [0.05, 0.1) is 18.7 Å². The van der Waals surface area contributed by atoms with Crippen molar-refractivity contribution in [2.75, 3.05) is 32.7 Å². The molecule has 0 unspecified atom stereocenters. The lowest BCUT2D eigenvalue weighted by Gasteiger charge is -2.31.